The number of nitrogens with one attached hydrogen (secondary N) is 1. The van der Waals surface area contributed by atoms with Crippen molar-refractivity contribution in [2.24, 2.45) is 0 Å². The number of nitrogens with zero attached hydrogens (tertiary/aromatic N) is 1. The third kappa shape index (κ3) is 4.28. The first-order valence-electron chi connectivity index (χ1n) is 8.28. The Balaban J connectivity index is 1.62. The molecule has 1 aliphatic heterocycles. The Morgan fingerprint density at radius 1 is 1.19 bits per heavy atom. The molecule has 0 aliphatic carbocycles. The standard InChI is InChI=1S/C19H19F3N2O2/c1-13-10-14-6-2-4-8-16(14)24(13)12-18(25)23-11-15-7-3-5-9-17(15)26-19(20,21)22/h2-9,13H,10-12H2,1H3,(H,23,25). The topological polar surface area (TPSA) is 41.6 Å². The van der Waals surface area contributed by atoms with Gasteiger partial charge in [-0.3, -0.25) is 4.79 Å². The predicted molar refractivity (Wildman–Crippen MR) is 91.9 cm³/mol. The van der Waals surface area contributed by atoms with Crippen LogP contribution in [0.25, 0.3) is 0 Å². The number of ether oxygens (including phenoxy) is 1. The van der Waals surface area contributed by atoms with E-state index in [9.17, 15) is 18.0 Å². The van der Waals surface area contributed by atoms with Crippen molar-refractivity contribution >= 4 is 11.6 Å². The van der Waals surface area contributed by atoms with E-state index in [1.54, 1.807) is 6.07 Å². The van der Waals surface area contributed by atoms with Crippen molar-refractivity contribution in [3.8, 4) is 5.75 Å². The molecule has 0 saturated heterocycles. The van der Waals surface area contributed by atoms with Gasteiger partial charge in [0.15, 0.2) is 0 Å². The Morgan fingerprint density at radius 2 is 1.88 bits per heavy atom. The molecular weight excluding hydrogens is 345 g/mol. The maximum absolute atomic E-state index is 12.5. The van der Waals surface area contributed by atoms with Crippen molar-refractivity contribution in [1.82, 2.24) is 5.32 Å². The summed E-state index contributed by atoms with van der Waals surface area (Å²) in [4.78, 5) is 14.3. The van der Waals surface area contributed by atoms with Crippen molar-refractivity contribution in [2.45, 2.75) is 32.3 Å². The van der Waals surface area contributed by atoms with Gasteiger partial charge in [0, 0.05) is 23.8 Å². The number of alkyl halides is 3. The first-order valence-corrected chi connectivity index (χ1v) is 8.28. The van der Waals surface area contributed by atoms with Gasteiger partial charge < -0.3 is 15.0 Å². The molecule has 26 heavy (non-hydrogen) atoms. The molecule has 2 aromatic carbocycles. The number of amides is 1. The van der Waals surface area contributed by atoms with Gasteiger partial charge >= 0.3 is 6.36 Å². The quantitative estimate of drug-likeness (QED) is 0.881. The number of rotatable bonds is 5. The van der Waals surface area contributed by atoms with Crippen LogP contribution in [0.1, 0.15) is 18.1 Å². The van der Waals surface area contributed by atoms with E-state index in [1.165, 1.54) is 23.8 Å². The lowest BCUT2D eigenvalue weighted by Crippen LogP contribution is -2.40. The van der Waals surface area contributed by atoms with Gasteiger partial charge in [-0.2, -0.15) is 0 Å². The predicted octanol–water partition coefficient (Wildman–Crippen LogP) is 3.65. The number of carbonyl (C=O) groups is 1. The van der Waals surface area contributed by atoms with Gasteiger partial charge in [-0.15, -0.1) is 13.2 Å². The zero-order valence-electron chi connectivity index (χ0n) is 14.2. The average molecular weight is 364 g/mol. The molecule has 0 bridgehead atoms. The lowest BCUT2D eigenvalue weighted by Gasteiger charge is -2.24. The van der Waals surface area contributed by atoms with Crippen LogP contribution in [-0.4, -0.2) is 24.9 Å². The van der Waals surface area contributed by atoms with Crippen LogP contribution >= 0.6 is 0 Å². The molecule has 2 aromatic rings. The Kier molecular flexibility index (Phi) is 5.06. The van der Waals surface area contributed by atoms with Crippen LogP contribution in [-0.2, 0) is 17.8 Å². The summed E-state index contributed by atoms with van der Waals surface area (Å²) in [6, 6.07) is 13.9. The molecule has 0 fully saturated rings. The van der Waals surface area contributed by atoms with Crippen molar-refractivity contribution in [3.63, 3.8) is 0 Å². The van der Waals surface area contributed by atoms with Crippen molar-refractivity contribution < 1.29 is 22.7 Å². The van der Waals surface area contributed by atoms with Crippen LogP contribution in [0.5, 0.6) is 5.75 Å². The van der Waals surface area contributed by atoms with E-state index in [4.69, 9.17) is 0 Å². The molecule has 1 atom stereocenters. The second-order valence-electron chi connectivity index (χ2n) is 6.24. The van der Waals surface area contributed by atoms with E-state index in [2.05, 4.69) is 10.1 Å². The Labute approximate surface area is 149 Å². The van der Waals surface area contributed by atoms with E-state index in [1.807, 2.05) is 36.1 Å². The summed E-state index contributed by atoms with van der Waals surface area (Å²) < 4.78 is 41.4. The number of hydrogen-bond acceptors (Lipinski definition) is 3. The number of anilines is 1. The molecule has 0 aromatic heterocycles. The van der Waals surface area contributed by atoms with Gasteiger partial charge in [0.1, 0.15) is 5.75 Å². The molecule has 0 spiro atoms. The fourth-order valence-corrected chi connectivity index (χ4v) is 3.15. The lowest BCUT2D eigenvalue weighted by atomic mass is 10.1. The van der Waals surface area contributed by atoms with Crippen molar-refractivity contribution in [1.29, 1.82) is 0 Å². The van der Waals surface area contributed by atoms with Gasteiger partial charge in [-0.1, -0.05) is 36.4 Å². The highest BCUT2D eigenvalue weighted by Crippen LogP contribution is 2.31. The Bertz CT molecular complexity index is 792. The minimum absolute atomic E-state index is 0.0328. The smallest absolute Gasteiger partial charge is 0.405 e. The van der Waals surface area contributed by atoms with Gasteiger partial charge in [-0.25, -0.2) is 0 Å². The third-order valence-electron chi connectivity index (χ3n) is 4.34. The second kappa shape index (κ2) is 7.27. The molecule has 138 valence electrons. The SMILES string of the molecule is CC1Cc2ccccc2N1CC(=O)NCc1ccccc1OC(F)(F)F. The third-order valence-corrected chi connectivity index (χ3v) is 4.34. The largest absolute Gasteiger partial charge is 0.573 e. The van der Waals surface area contributed by atoms with Gasteiger partial charge in [0.05, 0.1) is 6.54 Å². The van der Waals surface area contributed by atoms with Crippen LogP contribution in [0, 0.1) is 0 Å². The number of halogens is 3. The summed E-state index contributed by atoms with van der Waals surface area (Å²) in [7, 11) is 0. The fourth-order valence-electron chi connectivity index (χ4n) is 3.15. The van der Waals surface area contributed by atoms with Crippen molar-refractivity contribution in [2.75, 3.05) is 11.4 Å². The molecule has 1 N–H and O–H groups in total. The van der Waals surface area contributed by atoms with E-state index < -0.39 is 6.36 Å². The molecule has 3 rings (SSSR count). The van der Waals surface area contributed by atoms with Crippen LogP contribution in [0.3, 0.4) is 0 Å². The Morgan fingerprint density at radius 3 is 2.65 bits per heavy atom. The average Bonchev–Trinajstić information content (AvgIpc) is 2.88. The van der Waals surface area contributed by atoms with Crippen LogP contribution in [0.4, 0.5) is 18.9 Å². The molecular formula is C19H19F3N2O2. The monoisotopic (exact) mass is 364 g/mol. The molecule has 4 nitrogen and oxygen atoms in total. The maximum Gasteiger partial charge on any atom is 0.573 e. The number of para-hydroxylation sites is 2. The van der Waals surface area contributed by atoms with Crippen LogP contribution < -0.4 is 15.0 Å². The lowest BCUT2D eigenvalue weighted by molar-refractivity contribution is -0.274. The first kappa shape index (κ1) is 18.1. The zero-order chi connectivity index (χ0) is 18.7. The minimum Gasteiger partial charge on any atom is -0.405 e. The van der Waals surface area contributed by atoms with E-state index in [-0.39, 0.29) is 36.4 Å². The zero-order valence-corrected chi connectivity index (χ0v) is 14.2. The molecule has 7 heteroatoms. The molecule has 0 radical (unpaired) electrons. The van der Waals surface area contributed by atoms with Crippen LogP contribution in [0.15, 0.2) is 48.5 Å². The van der Waals surface area contributed by atoms with E-state index >= 15 is 0 Å². The van der Waals surface area contributed by atoms with Gasteiger partial charge in [0.25, 0.3) is 0 Å². The summed E-state index contributed by atoms with van der Waals surface area (Å²) >= 11 is 0. The number of hydrogen-bond donors (Lipinski definition) is 1. The normalized spacial score (nSPS) is 16.3. The molecule has 0 saturated carbocycles. The van der Waals surface area contributed by atoms with Crippen molar-refractivity contribution in [3.05, 3.63) is 59.7 Å². The molecule has 1 heterocycles. The number of carbonyl (C=O) groups excluding carboxylic acids is 1. The highest BCUT2D eigenvalue weighted by molar-refractivity contribution is 5.82. The second-order valence-corrected chi connectivity index (χ2v) is 6.24. The molecule has 1 aliphatic rings. The maximum atomic E-state index is 12.5. The van der Waals surface area contributed by atoms with Crippen LogP contribution in [0.2, 0.25) is 0 Å². The van der Waals surface area contributed by atoms with E-state index in [0.29, 0.717) is 0 Å². The Hall–Kier alpha value is -2.70. The van der Waals surface area contributed by atoms with Gasteiger partial charge in [0.2, 0.25) is 5.91 Å². The highest BCUT2D eigenvalue weighted by Gasteiger charge is 2.32. The highest BCUT2D eigenvalue weighted by atomic mass is 19.4. The van der Waals surface area contributed by atoms with Gasteiger partial charge in [-0.05, 0) is 31.0 Å². The number of benzene rings is 2. The minimum atomic E-state index is -4.77. The summed E-state index contributed by atoms with van der Waals surface area (Å²) in [5.41, 5.74) is 2.49. The summed E-state index contributed by atoms with van der Waals surface area (Å²) in [5.74, 6) is -0.560. The summed E-state index contributed by atoms with van der Waals surface area (Å²) in [6.07, 6.45) is -3.90. The molecule has 1 unspecified atom stereocenters. The summed E-state index contributed by atoms with van der Waals surface area (Å²) in [5, 5.41) is 2.68. The fraction of sp³-hybridized carbons (Fsp3) is 0.316. The molecule has 1 amide bonds. The van der Waals surface area contributed by atoms with E-state index in [0.717, 1.165) is 12.1 Å². The first-order chi connectivity index (χ1) is 12.3. The summed E-state index contributed by atoms with van der Waals surface area (Å²) in [6.45, 7) is 2.16. The number of fused-ring (bicyclic) bond motifs is 1.